The van der Waals surface area contributed by atoms with E-state index in [1.165, 1.54) is 5.56 Å². The predicted octanol–water partition coefficient (Wildman–Crippen LogP) is 2.86. The minimum atomic E-state index is 0. The van der Waals surface area contributed by atoms with Gasteiger partial charge >= 0.3 is 0 Å². The number of guanidine groups is 1. The molecule has 0 saturated carbocycles. The van der Waals surface area contributed by atoms with Gasteiger partial charge in [-0.05, 0) is 26.2 Å². The van der Waals surface area contributed by atoms with E-state index in [1.54, 1.807) is 0 Å². The highest BCUT2D eigenvalue weighted by molar-refractivity contribution is 14.0. The normalized spacial score (nSPS) is 12.5. The Morgan fingerprint density at radius 3 is 2.56 bits per heavy atom. The zero-order chi connectivity index (χ0) is 19.7. The Labute approximate surface area is 181 Å². The van der Waals surface area contributed by atoms with Crippen molar-refractivity contribution in [3.05, 3.63) is 17.5 Å². The summed E-state index contributed by atoms with van der Waals surface area (Å²) in [5.41, 5.74) is 2.31. The minimum Gasteiger partial charge on any atom is -0.357 e. The van der Waals surface area contributed by atoms with Crippen LogP contribution in [0.25, 0.3) is 0 Å². The zero-order valence-corrected chi connectivity index (χ0v) is 20.2. The molecule has 1 unspecified atom stereocenters. The van der Waals surface area contributed by atoms with Crippen LogP contribution in [-0.2, 0) is 18.4 Å². The van der Waals surface area contributed by atoms with Crippen LogP contribution in [0.3, 0.4) is 0 Å². The molecule has 0 aliphatic heterocycles. The van der Waals surface area contributed by atoms with Crippen LogP contribution in [-0.4, -0.2) is 52.7 Å². The van der Waals surface area contributed by atoms with Crippen LogP contribution in [0.4, 0.5) is 0 Å². The number of halogens is 1. The van der Waals surface area contributed by atoms with Gasteiger partial charge in [-0.25, -0.2) is 0 Å². The average Bonchev–Trinajstić information content (AvgIpc) is 2.94. The van der Waals surface area contributed by atoms with Gasteiger partial charge in [0, 0.05) is 51.4 Å². The van der Waals surface area contributed by atoms with E-state index in [4.69, 9.17) is 0 Å². The molecule has 1 heterocycles. The number of hydrogen-bond donors (Lipinski definition) is 2. The van der Waals surface area contributed by atoms with Crippen molar-refractivity contribution in [1.29, 1.82) is 0 Å². The van der Waals surface area contributed by atoms with Gasteiger partial charge in [-0.1, -0.05) is 20.8 Å². The van der Waals surface area contributed by atoms with Crippen molar-refractivity contribution in [2.24, 2.45) is 12.0 Å². The number of carbonyl (C=O) groups is 1. The molecule has 1 aromatic rings. The van der Waals surface area contributed by atoms with E-state index in [0.717, 1.165) is 31.2 Å². The summed E-state index contributed by atoms with van der Waals surface area (Å²) >= 11 is 0. The minimum absolute atomic E-state index is 0. The molecule has 0 fully saturated rings. The van der Waals surface area contributed by atoms with E-state index in [-0.39, 0.29) is 35.9 Å². The Hall–Kier alpha value is -1.32. The fraction of sp³-hybridized carbons (Fsp3) is 0.737. The lowest BCUT2D eigenvalue weighted by molar-refractivity contribution is -0.121. The van der Waals surface area contributed by atoms with Crippen LogP contribution in [0.15, 0.2) is 11.2 Å². The Balaban J connectivity index is 0.00000676. The number of nitrogens with zero attached hydrogens (tertiary/aromatic N) is 4. The Bertz CT molecular complexity index is 599. The molecular weight excluding hydrogens is 455 g/mol. The van der Waals surface area contributed by atoms with Crippen molar-refractivity contribution in [3.63, 3.8) is 0 Å². The zero-order valence-electron chi connectivity index (χ0n) is 17.9. The summed E-state index contributed by atoms with van der Waals surface area (Å²) in [6.07, 6.45) is 3.40. The maximum atomic E-state index is 11.9. The first-order chi connectivity index (χ1) is 12.3. The lowest BCUT2D eigenvalue weighted by atomic mass is 10.1. The van der Waals surface area contributed by atoms with Gasteiger partial charge in [0.05, 0.1) is 12.2 Å². The molecule has 7 nitrogen and oxygen atoms in total. The Kier molecular flexibility index (Phi) is 12.3. The van der Waals surface area contributed by atoms with E-state index in [0.29, 0.717) is 18.9 Å². The van der Waals surface area contributed by atoms with E-state index in [1.807, 2.05) is 32.6 Å². The molecule has 8 heteroatoms. The second-order valence-corrected chi connectivity index (χ2v) is 7.09. The average molecular weight is 492 g/mol. The molecule has 0 saturated heterocycles. The van der Waals surface area contributed by atoms with Crippen molar-refractivity contribution in [2.75, 3.05) is 20.1 Å². The monoisotopic (exact) mass is 492 g/mol. The third-order valence-electron chi connectivity index (χ3n) is 4.21. The summed E-state index contributed by atoms with van der Waals surface area (Å²) in [5.74, 6) is 1.24. The van der Waals surface area contributed by atoms with E-state index in [2.05, 4.69) is 52.6 Å². The smallest absolute Gasteiger partial charge is 0.222 e. The quantitative estimate of drug-likeness (QED) is 0.316. The topological polar surface area (TPSA) is 74.6 Å². The third-order valence-corrected chi connectivity index (χ3v) is 4.21. The van der Waals surface area contributed by atoms with Gasteiger partial charge in [0.25, 0.3) is 0 Å². The molecule has 156 valence electrons. The summed E-state index contributed by atoms with van der Waals surface area (Å²) in [4.78, 5) is 18.6. The summed E-state index contributed by atoms with van der Waals surface area (Å²) in [7, 11) is 3.96. The van der Waals surface area contributed by atoms with Gasteiger partial charge in [-0.15, -0.1) is 24.0 Å². The van der Waals surface area contributed by atoms with E-state index >= 15 is 0 Å². The number of hydrogen-bond acceptors (Lipinski definition) is 3. The number of aryl methyl sites for hydroxylation is 1. The predicted molar refractivity (Wildman–Crippen MR) is 123 cm³/mol. The summed E-state index contributed by atoms with van der Waals surface area (Å²) in [5, 5.41) is 10.8. The number of carbonyl (C=O) groups excluding carboxylic acids is 1. The van der Waals surface area contributed by atoms with Crippen LogP contribution >= 0.6 is 24.0 Å². The van der Waals surface area contributed by atoms with Gasteiger partial charge in [-0.3, -0.25) is 14.5 Å². The fourth-order valence-corrected chi connectivity index (χ4v) is 2.68. The fourth-order valence-electron chi connectivity index (χ4n) is 2.68. The second-order valence-electron chi connectivity index (χ2n) is 7.09. The van der Waals surface area contributed by atoms with Crippen LogP contribution in [0, 0.1) is 0 Å². The van der Waals surface area contributed by atoms with Crippen LogP contribution in [0.2, 0.25) is 0 Å². The molecule has 27 heavy (non-hydrogen) atoms. The highest BCUT2D eigenvalue weighted by atomic mass is 127. The number of amides is 1. The first kappa shape index (κ1) is 25.7. The van der Waals surface area contributed by atoms with Crippen molar-refractivity contribution in [2.45, 2.75) is 66.0 Å². The van der Waals surface area contributed by atoms with Crippen molar-refractivity contribution >= 4 is 35.8 Å². The molecule has 0 aromatic carbocycles. The first-order valence-electron chi connectivity index (χ1n) is 9.59. The standard InChI is InChI=1S/C19H36N6O.HI/c1-8-15(5)22-17(26)10-11-21-19(20-9-2)24(6)12-16-13-25(7)23-18(16)14(3)4;/h13-15H,8-12H2,1-7H3,(H,20,21)(H,22,26);1H. The maximum Gasteiger partial charge on any atom is 0.222 e. The van der Waals surface area contributed by atoms with Gasteiger partial charge in [0.1, 0.15) is 0 Å². The second kappa shape index (κ2) is 13.0. The highest BCUT2D eigenvalue weighted by Gasteiger charge is 2.15. The molecule has 1 aromatic heterocycles. The molecule has 0 aliphatic rings. The summed E-state index contributed by atoms with van der Waals surface area (Å²) in [6, 6.07) is 0.211. The largest absolute Gasteiger partial charge is 0.357 e. The molecular formula is C19H37IN6O. The molecule has 1 amide bonds. The van der Waals surface area contributed by atoms with E-state index in [9.17, 15) is 4.79 Å². The van der Waals surface area contributed by atoms with Crippen LogP contribution in [0.5, 0.6) is 0 Å². The van der Waals surface area contributed by atoms with Crippen molar-refractivity contribution in [3.8, 4) is 0 Å². The first-order valence-corrected chi connectivity index (χ1v) is 9.59. The highest BCUT2D eigenvalue weighted by Crippen LogP contribution is 2.18. The molecule has 0 aliphatic carbocycles. The molecule has 0 spiro atoms. The number of rotatable bonds is 9. The number of aromatic nitrogens is 2. The Morgan fingerprint density at radius 1 is 1.33 bits per heavy atom. The maximum absolute atomic E-state index is 11.9. The van der Waals surface area contributed by atoms with Crippen molar-refractivity contribution < 1.29 is 4.79 Å². The van der Waals surface area contributed by atoms with Gasteiger partial charge in [0.2, 0.25) is 5.91 Å². The molecule has 0 radical (unpaired) electrons. The van der Waals surface area contributed by atoms with Crippen LogP contribution < -0.4 is 10.6 Å². The van der Waals surface area contributed by atoms with Crippen LogP contribution in [0.1, 0.15) is 64.6 Å². The lowest BCUT2D eigenvalue weighted by Gasteiger charge is -2.22. The number of nitrogens with one attached hydrogen (secondary N) is 2. The van der Waals surface area contributed by atoms with Gasteiger partial charge in [0.15, 0.2) is 5.96 Å². The molecule has 2 N–H and O–H groups in total. The number of aliphatic imine (C=N–C) groups is 1. The Morgan fingerprint density at radius 2 is 2.00 bits per heavy atom. The third kappa shape index (κ3) is 8.94. The lowest BCUT2D eigenvalue weighted by Crippen LogP contribution is -2.39. The SMILES string of the molecule is CCNC(=NCCC(=O)NC(C)CC)N(C)Cc1cn(C)nc1C(C)C.I. The molecule has 0 bridgehead atoms. The molecule has 1 rings (SSSR count). The van der Waals surface area contributed by atoms with Gasteiger partial charge in [-0.2, -0.15) is 5.10 Å². The van der Waals surface area contributed by atoms with E-state index < -0.39 is 0 Å². The van der Waals surface area contributed by atoms with Gasteiger partial charge < -0.3 is 15.5 Å². The van der Waals surface area contributed by atoms with Crippen molar-refractivity contribution in [1.82, 2.24) is 25.3 Å². The molecule has 1 atom stereocenters. The summed E-state index contributed by atoms with van der Waals surface area (Å²) < 4.78 is 1.86. The summed E-state index contributed by atoms with van der Waals surface area (Å²) in [6.45, 7) is 12.4.